The molecule has 1 aromatic rings. The van der Waals surface area contributed by atoms with Gasteiger partial charge in [-0.2, -0.15) is 0 Å². The summed E-state index contributed by atoms with van der Waals surface area (Å²) in [6, 6.07) is 3.90. The summed E-state index contributed by atoms with van der Waals surface area (Å²) >= 11 is 5.78. The zero-order valence-corrected chi connectivity index (χ0v) is 13.3. The maximum Gasteiger partial charge on any atom is 0.292 e. The van der Waals surface area contributed by atoms with E-state index in [4.69, 9.17) is 11.6 Å². The number of hydrogen-bond donors (Lipinski definition) is 1. The van der Waals surface area contributed by atoms with E-state index in [1.807, 2.05) is 0 Å². The minimum atomic E-state index is -0.606. The number of nitrogens with zero attached hydrogens (tertiary/aromatic N) is 3. The summed E-state index contributed by atoms with van der Waals surface area (Å²) in [5.41, 5.74) is -0.223. The molecule has 0 saturated heterocycles. The Morgan fingerprint density at radius 2 is 1.91 bits per heavy atom. The molecule has 9 heteroatoms. The molecule has 0 bridgehead atoms. The van der Waals surface area contributed by atoms with Crippen LogP contribution in [0.25, 0.3) is 0 Å². The van der Waals surface area contributed by atoms with Crippen molar-refractivity contribution in [2.75, 3.05) is 39.5 Å². The smallest absolute Gasteiger partial charge is 0.292 e. The van der Waals surface area contributed by atoms with Crippen molar-refractivity contribution in [2.45, 2.75) is 0 Å². The van der Waals surface area contributed by atoms with Crippen molar-refractivity contribution >= 4 is 34.8 Å². The number of nitro benzene ring substituents is 1. The van der Waals surface area contributed by atoms with Gasteiger partial charge in [0.25, 0.3) is 5.69 Å². The van der Waals surface area contributed by atoms with Crippen molar-refractivity contribution in [3.8, 4) is 0 Å². The van der Waals surface area contributed by atoms with E-state index < -0.39 is 10.8 Å². The highest BCUT2D eigenvalue weighted by atomic mass is 35.5. The Kier molecular flexibility index (Phi) is 6.26. The van der Waals surface area contributed by atoms with Crippen LogP contribution < -0.4 is 5.32 Å². The Hall–Kier alpha value is -2.19. The van der Waals surface area contributed by atoms with E-state index in [-0.39, 0.29) is 35.4 Å². The van der Waals surface area contributed by atoms with Crippen LogP contribution >= 0.6 is 11.6 Å². The fourth-order valence-corrected chi connectivity index (χ4v) is 1.80. The molecule has 0 aliphatic heterocycles. The van der Waals surface area contributed by atoms with Crippen molar-refractivity contribution in [3.05, 3.63) is 33.3 Å². The van der Waals surface area contributed by atoms with Gasteiger partial charge in [-0.3, -0.25) is 24.6 Å². The largest absolute Gasteiger partial charge is 0.348 e. The molecular formula is C13H17ClN4O4. The second-order valence-electron chi connectivity index (χ2n) is 4.93. The lowest BCUT2D eigenvalue weighted by Crippen LogP contribution is -2.38. The molecule has 0 unspecified atom stereocenters. The first-order chi connectivity index (χ1) is 10.2. The number of carbonyl (C=O) groups is 2. The second-order valence-corrected chi connectivity index (χ2v) is 5.36. The van der Waals surface area contributed by atoms with Crippen molar-refractivity contribution in [1.29, 1.82) is 0 Å². The van der Waals surface area contributed by atoms with Gasteiger partial charge in [-0.25, -0.2) is 0 Å². The van der Waals surface area contributed by atoms with Crippen LogP contribution in [0.5, 0.6) is 0 Å². The standard InChI is InChI=1S/C13H17ClN4O4/c1-16(2)13(20)8-17(3)7-12(19)15-10-6-9(14)4-5-11(10)18(21)22/h4-6H,7-8H2,1-3H3,(H,15,19). The van der Waals surface area contributed by atoms with Crippen LogP contribution in [0.15, 0.2) is 18.2 Å². The third kappa shape index (κ3) is 5.30. The van der Waals surface area contributed by atoms with Crippen LogP contribution in [0.2, 0.25) is 5.02 Å². The number of hydrogen-bond acceptors (Lipinski definition) is 5. The SMILES string of the molecule is CN(CC(=O)Nc1cc(Cl)ccc1[N+](=O)[O-])CC(=O)N(C)C. The van der Waals surface area contributed by atoms with Crippen molar-refractivity contribution in [2.24, 2.45) is 0 Å². The van der Waals surface area contributed by atoms with E-state index in [0.29, 0.717) is 0 Å². The first kappa shape index (κ1) is 17.9. The van der Waals surface area contributed by atoms with Gasteiger partial charge in [0.05, 0.1) is 18.0 Å². The fourth-order valence-electron chi connectivity index (χ4n) is 1.63. The molecule has 2 amide bonds. The van der Waals surface area contributed by atoms with E-state index in [1.165, 1.54) is 28.0 Å². The van der Waals surface area contributed by atoms with Crippen LogP contribution in [0.4, 0.5) is 11.4 Å². The Bertz CT molecular complexity index is 591. The summed E-state index contributed by atoms with van der Waals surface area (Å²) in [6.07, 6.45) is 0. The first-order valence-electron chi connectivity index (χ1n) is 6.33. The molecule has 0 saturated carbocycles. The lowest BCUT2D eigenvalue weighted by Gasteiger charge is -2.18. The van der Waals surface area contributed by atoms with Gasteiger partial charge in [0.2, 0.25) is 11.8 Å². The average molecular weight is 329 g/mol. The van der Waals surface area contributed by atoms with Crippen LogP contribution in [0, 0.1) is 10.1 Å². The second kappa shape index (κ2) is 7.71. The molecule has 0 radical (unpaired) electrons. The van der Waals surface area contributed by atoms with Gasteiger partial charge >= 0.3 is 0 Å². The number of nitro groups is 1. The summed E-state index contributed by atoms with van der Waals surface area (Å²) < 4.78 is 0. The lowest BCUT2D eigenvalue weighted by molar-refractivity contribution is -0.383. The monoisotopic (exact) mass is 328 g/mol. The molecular weight excluding hydrogens is 312 g/mol. The number of amides is 2. The zero-order valence-electron chi connectivity index (χ0n) is 12.5. The van der Waals surface area contributed by atoms with Gasteiger partial charge in [-0.05, 0) is 19.2 Å². The molecule has 8 nitrogen and oxygen atoms in total. The highest BCUT2D eigenvalue weighted by Gasteiger charge is 2.18. The molecule has 0 fully saturated rings. The predicted octanol–water partition coefficient (Wildman–Crippen LogP) is 1.21. The number of halogens is 1. The van der Waals surface area contributed by atoms with Gasteiger partial charge in [0, 0.05) is 25.2 Å². The van der Waals surface area contributed by atoms with Gasteiger partial charge in [-0.15, -0.1) is 0 Å². The number of rotatable bonds is 6. The summed E-state index contributed by atoms with van der Waals surface area (Å²) in [7, 11) is 4.84. The molecule has 1 aromatic carbocycles. The van der Waals surface area contributed by atoms with E-state index >= 15 is 0 Å². The zero-order chi connectivity index (χ0) is 16.9. The normalized spacial score (nSPS) is 10.4. The molecule has 0 spiro atoms. The van der Waals surface area contributed by atoms with Crippen molar-refractivity contribution < 1.29 is 14.5 Å². The quantitative estimate of drug-likeness (QED) is 0.625. The Labute approximate surface area is 132 Å². The molecule has 0 aromatic heterocycles. The topological polar surface area (TPSA) is 95.8 Å². The van der Waals surface area contributed by atoms with Crippen LogP contribution in [-0.4, -0.2) is 60.8 Å². The third-order valence-electron chi connectivity index (χ3n) is 2.75. The first-order valence-corrected chi connectivity index (χ1v) is 6.71. The van der Waals surface area contributed by atoms with Crippen molar-refractivity contribution in [1.82, 2.24) is 9.80 Å². The van der Waals surface area contributed by atoms with E-state index in [9.17, 15) is 19.7 Å². The Morgan fingerprint density at radius 3 is 2.45 bits per heavy atom. The van der Waals surface area contributed by atoms with Crippen LogP contribution in [0.3, 0.4) is 0 Å². The molecule has 0 aliphatic carbocycles. The van der Waals surface area contributed by atoms with E-state index in [2.05, 4.69) is 5.32 Å². The van der Waals surface area contributed by atoms with E-state index in [0.717, 1.165) is 0 Å². The maximum absolute atomic E-state index is 11.9. The Morgan fingerprint density at radius 1 is 1.27 bits per heavy atom. The lowest BCUT2D eigenvalue weighted by atomic mass is 10.2. The highest BCUT2D eigenvalue weighted by Crippen LogP contribution is 2.27. The van der Waals surface area contributed by atoms with Gasteiger partial charge in [0.1, 0.15) is 5.69 Å². The number of carbonyl (C=O) groups excluding carboxylic acids is 2. The fraction of sp³-hybridized carbons (Fsp3) is 0.385. The molecule has 1 N–H and O–H groups in total. The summed E-state index contributed by atoms with van der Waals surface area (Å²) in [5.74, 6) is -0.622. The Balaban J connectivity index is 2.71. The van der Waals surface area contributed by atoms with Crippen LogP contribution in [-0.2, 0) is 9.59 Å². The summed E-state index contributed by atoms with van der Waals surface area (Å²) in [5, 5.41) is 13.6. The molecule has 0 atom stereocenters. The summed E-state index contributed by atoms with van der Waals surface area (Å²) in [4.78, 5) is 36.7. The predicted molar refractivity (Wildman–Crippen MR) is 82.9 cm³/mol. The summed E-state index contributed by atoms with van der Waals surface area (Å²) in [6.45, 7) is -0.0126. The number of likely N-dealkylation sites (N-methyl/N-ethyl adjacent to an activating group) is 2. The highest BCUT2D eigenvalue weighted by molar-refractivity contribution is 6.31. The van der Waals surface area contributed by atoms with Gasteiger partial charge in [-0.1, -0.05) is 11.6 Å². The van der Waals surface area contributed by atoms with Gasteiger partial charge < -0.3 is 10.2 Å². The average Bonchev–Trinajstić information content (AvgIpc) is 2.37. The van der Waals surface area contributed by atoms with Gasteiger partial charge in [0.15, 0.2) is 0 Å². The van der Waals surface area contributed by atoms with Crippen LogP contribution in [0.1, 0.15) is 0 Å². The number of benzene rings is 1. The third-order valence-corrected chi connectivity index (χ3v) is 2.98. The maximum atomic E-state index is 11.9. The molecule has 1 rings (SSSR count). The minimum absolute atomic E-state index is 0.0230. The molecule has 0 heterocycles. The van der Waals surface area contributed by atoms with Crippen molar-refractivity contribution in [3.63, 3.8) is 0 Å². The molecule has 120 valence electrons. The number of anilines is 1. The molecule has 22 heavy (non-hydrogen) atoms. The molecule has 0 aliphatic rings. The minimum Gasteiger partial charge on any atom is -0.348 e. The van der Waals surface area contributed by atoms with E-state index in [1.54, 1.807) is 21.1 Å². The number of nitrogens with one attached hydrogen (secondary N) is 1.